The van der Waals surface area contributed by atoms with E-state index in [-0.39, 0.29) is 63.2 Å². The molecule has 0 spiro atoms. The van der Waals surface area contributed by atoms with Gasteiger partial charge in [-0.2, -0.15) is 0 Å². The summed E-state index contributed by atoms with van der Waals surface area (Å²) in [6.07, 6.45) is 7.31. The zero-order valence-corrected chi connectivity index (χ0v) is 15.0. The van der Waals surface area contributed by atoms with E-state index in [4.69, 9.17) is 5.11 Å². The van der Waals surface area contributed by atoms with Gasteiger partial charge in [0.2, 0.25) is 0 Å². The van der Waals surface area contributed by atoms with E-state index in [2.05, 4.69) is 0 Å². The standard InChI is InChI=1S/C11H24O4S.K/c1-11(12)9-7-5-3-2-4-6-8-10-16(13,14)15;/h11-12H,2-10H2,1H3,(H,13,14,15);/q;+1/p-1. The molecular formula is C11H23KO4S. The van der Waals surface area contributed by atoms with Gasteiger partial charge in [-0.25, -0.2) is 8.42 Å². The first kappa shape index (κ1) is 20.8. The molecule has 0 amide bonds. The average molecular weight is 290 g/mol. The third kappa shape index (κ3) is 20.0. The Morgan fingerprint density at radius 1 is 1.00 bits per heavy atom. The maximum atomic E-state index is 10.3. The summed E-state index contributed by atoms with van der Waals surface area (Å²) in [6, 6.07) is 0. The van der Waals surface area contributed by atoms with E-state index in [1.54, 1.807) is 6.92 Å². The molecule has 0 aliphatic heterocycles. The molecule has 0 saturated heterocycles. The molecule has 0 aliphatic carbocycles. The molecule has 0 saturated carbocycles. The quantitative estimate of drug-likeness (QED) is 0.319. The van der Waals surface area contributed by atoms with E-state index in [0.29, 0.717) is 6.42 Å². The Labute approximate surface area is 148 Å². The number of hydrogen-bond donors (Lipinski definition) is 1. The fourth-order valence-corrected chi connectivity index (χ4v) is 2.16. The van der Waals surface area contributed by atoms with Crippen LogP contribution < -0.4 is 51.4 Å². The summed E-state index contributed by atoms with van der Waals surface area (Å²) < 4.78 is 30.9. The fraction of sp³-hybridized carbons (Fsp3) is 1.00. The van der Waals surface area contributed by atoms with Crippen LogP contribution in [0.2, 0.25) is 0 Å². The van der Waals surface area contributed by atoms with Crippen LogP contribution in [0, 0.1) is 0 Å². The number of aliphatic hydroxyl groups is 1. The molecule has 0 radical (unpaired) electrons. The summed E-state index contributed by atoms with van der Waals surface area (Å²) in [4.78, 5) is 0. The molecule has 1 unspecified atom stereocenters. The monoisotopic (exact) mass is 290 g/mol. The average Bonchev–Trinajstić information content (AvgIpc) is 2.13. The van der Waals surface area contributed by atoms with Crippen LogP contribution in [0.3, 0.4) is 0 Å². The van der Waals surface area contributed by atoms with Crippen LogP contribution in [0.5, 0.6) is 0 Å². The van der Waals surface area contributed by atoms with Gasteiger partial charge in [0.1, 0.15) is 0 Å². The van der Waals surface area contributed by atoms with Crippen molar-refractivity contribution in [3.63, 3.8) is 0 Å². The second-order valence-electron chi connectivity index (χ2n) is 4.37. The Hall–Kier alpha value is 1.51. The Balaban J connectivity index is 0. The van der Waals surface area contributed by atoms with Crippen molar-refractivity contribution in [2.24, 2.45) is 0 Å². The Bertz CT molecular complexity index is 252. The van der Waals surface area contributed by atoms with Crippen molar-refractivity contribution in [2.45, 2.75) is 64.4 Å². The molecule has 98 valence electrons. The van der Waals surface area contributed by atoms with Crippen LogP contribution in [0.4, 0.5) is 0 Å². The smallest absolute Gasteiger partial charge is 0.748 e. The van der Waals surface area contributed by atoms with Gasteiger partial charge in [-0.15, -0.1) is 0 Å². The summed E-state index contributed by atoms with van der Waals surface area (Å²) in [7, 11) is -4.01. The summed E-state index contributed by atoms with van der Waals surface area (Å²) in [5, 5.41) is 9.01. The van der Waals surface area contributed by atoms with Gasteiger partial charge in [0, 0.05) is 5.75 Å². The topological polar surface area (TPSA) is 77.4 Å². The number of aliphatic hydroxyl groups excluding tert-OH is 1. The molecule has 0 aromatic carbocycles. The van der Waals surface area contributed by atoms with Crippen molar-refractivity contribution < 1.29 is 69.5 Å². The normalized spacial score (nSPS) is 13.1. The Morgan fingerprint density at radius 3 is 1.82 bits per heavy atom. The molecule has 1 N–H and O–H groups in total. The third-order valence-electron chi connectivity index (χ3n) is 2.52. The first-order valence-corrected chi connectivity index (χ1v) is 7.61. The summed E-state index contributed by atoms with van der Waals surface area (Å²) in [5.41, 5.74) is 0. The van der Waals surface area contributed by atoms with Gasteiger partial charge < -0.3 is 9.66 Å². The van der Waals surface area contributed by atoms with Gasteiger partial charge in [-0.05, 0) is 19.8 Å². The predicted octanol–water partition coefficient (Wildman–Crippen LogP) is -0.963. The molecule has 0 heterocycles. The van der Waals surface area contributed by atoms with Crippen LogP contribution in [0.1, 0.15) is 58.3 Å². The number of hydrogen-bond acceptors (Lipinski definition) is 4. The minimum absolute atomic E-state index is 0. The van der Waals surface area contributed by atoms with Crippen LogP contribution in [0.15, 0.2) is 0 Å². The van der Waals surface area contributed by atoms with Crippen LogP contribution in [-0.2, 0) is 10.1 Å². The van der Waals surface area contributed by atoms with Gasteiger partial charge in [0.25, 0.3) is 0 Å². The Kier molecular flexibility index (Phi) is 15.3. The molecule has 0 rings (SSSR count). The molecule has 0 aromatic heterocycles. The fourth-order valence-electron chi connectivity index (χ4n) is 1.60. The van der Waals surface area contributed by atoms with E-state index in [1.807, 2.05) is 0 Å². The van der Waals surface area contributed by atoms with Gasteiger partial charge in [-0.1, -0.05) is 38.5 Å². The summed E-state index contributed by atoms with van der Waals surface area (Å²) in [6.45, 7) is 1.80. The molecule has 1 atom stereocenters. The minimum atomic E-state index is -4.01. The molecule has 4 nitrogen and oxygen atoms in total. The van der Waals surface area contributed by atoms with E-state index in [0.717, 1.165) is 44.9 Å². The molecule has 0 bridgehead atoms. The molecule has 0 fully saturated rings. The Morgan fingerprint density at radius 2 is 1.41 bits per heavy atom. The second-order valence-corrected chi connectivity index (χ2v) is 5.90. The van der Waals surface area contributed by atoms with Gasteiger partial charge in [0.15, 0.2) is 0 Å². The van der Waals surface area contributed by atoms with Crippen molar-refractivity contribution in [3.8, 4) is 0 Å². The van der Waals surface area contributed by atoms with E-state index < -0.39 is 10.1 Å². The minimum Gasteiger partial charge on any atom is -0.748 e. The van der Waals surface area contributed by atoms with E-state index in [1.165, 1.54) is 0 Å². The van der Waals surface area contributed by atoms with Crippen molar-refractivity contribution in [1.29, 1.82) is 0 Å². The summed E-state index contributed by atoms with van der Waals surface area (Å²) in [5.74, 6) is -0.227. The zero-order valence-electron chi connectivity index (χ0n) is 11.0. The van der Waals surface area contributed by atoms with Crippen LogP contribution in [-0.4, -0.2) is 29.9 Å². The number of rotatable bonds is 10. The maximum Gasteiger partial charge on any atom is 1.00 e. The number of unbranched alkanes of at least 4 members (excludes halogenated alkanes) is 6. The van der Waals surface area contributed by atoms with Gasteiger partial charge in [-0.3, -0.25) is 0 Å². The molecular weight excluding hydrogens is 267 g/mol. The maximum absolute atomic E-state index is 10.3. The van der Waals surface area contributed by atoms with Crippen LogP contribution >= 0.6 is 0 Å². The van der Waals surface area contributed by atoms with Crippen molar-refractivity contribution in [2.75, 3.05) is 5.75 Å². The zero-order chi connectivity index (χ0) is 12.4. The predicted molar refractivity (Wildman–Crippen MR) is 63.2 cm³/mol. The SMILES string of the molecule is CC(O)CCCCCCCCCS(=O)(=O)[O-].[K+]. The molecule has 0 aromatic rings. The molecule has 17 heavy (non-hydrogen) atoms. The van der Waals surface area contributed by atoms with Crippen molar-refractivity contribution in [3.05, 3.63) is 0 Å². The summed E-state index contributed by atoms with van der Waals surface area (Å²) >= 11 is 0. The first-order chi connectivity index (χ1) is 7.42. The second kappa shape index (κ2) is 12.5. The van der Waals surface area contributed by atoms with Gasteiger partial charge in [0.05, 0.1) is 16.2 Å². The molecule has 6 heteroatoms. The third-order valence-corrected chi connectivity index (χ3v) is 3.30. The van der Waals surface area contributed by atoms with Crippen molar-refractivity contribution in [1.82, 2.24) is 0 Å². The van der Waals surface area contributed by atoms with Crippen molar-refractivity contribution >= 4 is 10.1 Å². The van der Waals surface area contributed by atoms with Crippen LogP contribution in [0.25, 0.3) is 0 Å². The molecule has 0 aliphatic rings. The van der Waals surface area contributed by atoms with Gasteiger partial charge >= 0.3 is 51.4 Å². The van der Waals surface area contributed by atoms with E-state index in [9.17, 15) is 13.0 Å². The largest absolute Gasteiger partial charge is 1.00 e. The first-order valence-electron chi connectivity index (χ1n) is 6.03. The van der Waals surface area contributed by atoms with E-state index >= 15 is 0 Å².